The molecule has 0 saturated heterocycles. The van der Waals surface area contributed by atoms with E-state index in [1.807, 2.05) is 0 Å². The molecule has 4 aliphatic rings. The van der Waals surface area contributed by atoms with Crippen molar-refractivity contribution in [2.24, 2.45) is 63.5 Å². The number of rotatable bonds is 20. The summed E-state index contributed by atoms with van der Waals surface area (Å²) in [4.78, 5) is 28.3. The van der Waals surface area contributed by atoms with Crippen molar-refractivity contribution < 1.29 is 14.3 Å². The van der Waals surface area contributed by atoms with Crippen LogP contribution in [0.5, 0.6) is 0 Å². The minimum atomic E-state index is -0.628. The number of esters is 1. The van der Waals surface area contributed by atoms with Gasteiger partial charge in [0.05, 0.1) is 6.04 Å². The van der Waals surface area contributed by atoms with Gasteiger partial charge in [-0.3, -0.25) is 9.59 Å². The van der Waals surface area contributed by atoms with Gasteiger partial charge in [0, 0.05) is 13.0 Å². The van der Waals surface area contributed by atoms with Gasteiger partial charge in [0.1, 0.15) is 12.6 Å². The normalized spacial score (nSPS) is 32.1. The Kier molecular flexibility index (Phi) is 15.5. The summed E-state index contributed by atoms with van der Waals surface area (Å²) in [7, 11) is 0. The average Bonchev–Trinajstić information content (AvgIpc) is 3.43. The quantitative estimate of drug-likeness (QED) is 0.0676. The van der Waals surface area contributed by atoms with Gasteiger partial charge in [-0.1, -0.05) is 91.2 Å². The molecule has 0 spiro atoms. The maximum atomic E-state index is 13.4. The molecule has 0 unspecified atom stereocenters. The van der Waals surface area contributed by atoms with Gasteiger partial charge in [-0.2, -0.15) is 0 Å². The molecule has 3 saturated carbocycles. The zero-order valence-corrected chi connectivity index (χ0v) is 32.4. The van der Waals surface area contributed by atoms with Crippen LogP contribution in [0.2, 0.25) is 0 Å². The van der Waals surface area contributed by atoms with Gasteiger partial charge in [0.15, 0.2) is 0 Å². The van der Waals surface area contributed by atoms with Crippen LogP contribution in [-0.4, -0.2) is 55.1 Å². The number of hydrogen-bond donors (Lipinski definition) is 3. The van der Waals surface area contributed by atoms with E-state index in [2.05, 4.69) is 40.7 Å². The molecular weight excluding hydrogens is 608 g/mol. The predicted molar refractivity (Wildman–Crippen MR) is 203 cm³/mol. The Balaban J connectivity index is 1.33. The van der Waals surface area contributed by atoms with Gasteiger partial charge in [0.25, 0.3) is 0 Å². The Morgan fingerprint density at radius 2 is 1.57 bits per heavy atom. The predicted octanol–water partition coefficient (Wildman–Crippen LogP) is 8.13. The molecule has 7 nitrogen and oxygen atoms in total. The highest BCUT2D eigenvalue weighted by Gasteiger charge is 2.59. The van der Waals surface area contributed by atoms with Crippen molar-refractivity contribution in [3.05, 3.63) is 11.6 Å². The second-order valence-corrected chi connectivity index (χ2v) is 17.9. The molecule has 7 heteroatoms. The number of nitrogens with two attached hydrogens (primary N) is 3. The summed E-state index contributed by atoms with van der Waals surface area (Å²) in [6.07, 6.45) is 23.8. The summed E-state index contributed by atoms with van der Waals surface area (Å²) in [5.74, 6) is 4.45. The number of carbonyl (C=O) groups is 2. The van der Waals surface area contributed by atoms with Gasteiger partial charge < -0.3 is 26.8 Å². The molecular formula is C42H76N4O3. The molecule has 0 bridgehead atoms. The third-order valence-corrected chi connectivity index (χ3v) is 14.1. The Morgan fingerprint density at radius 1 is 0.857 bits per heavy atom. The summed E-state index contributed by atoms with van der Waals surface area (Å²) < 4.78 is 6.16. The molecule has 0 aromatic rings. The van der Waals surface area contributed by atoms with E-state index in [0.29, 0.717) is 31.3 Å². The number of carbonyl (C=O) groups excluding carboxylic acids is 2. The van der Waals surface area contributed by atoms with Crippen LogP contribution >= 0.6 is 0 Å². The number of hydrogen-bond acceptors (Lipinski definition) is 6. The molecule has 0 aromatic heterocycles. The molecule has 3 fully saturated rings. The van der Waals surface area contributed by atoms with E-state index in [4.69, 9.17) is 21.9 Å². The first-order valence-electron chi connectivity index (χ1n) is 20.8. The fourth-order valence-electron chi connectivity index (χ4n) is 11.2. The number of ether oxygens (including phenoxy) is 1. The van der Waals surface area contributed by atoms with Crippen LogP contribution in [0.25, 0.3) is 0 Å². The van der Waals surface area contributed by atoms with Crippen LogP contribution in [0, 0.1) is 46.3 Å². The molecule has 0 aromatic carbocycles. The van der Waals surface area contributed by atoms with E-state index in [-0.39, 0.29) is 29.9 Å². The summed E-state index contributed by atoms with van der Waals surface area (Å²) in [6, 6.07) is -0.628. The number of unbranched alkanes of at least 4 members (excludes halogenated alkanes) is 5. The first-order chi connectivity index (χ1) is 23.4. The zero-order chi connectivity index (χ0) is 35.6. The van der Waals surface area contributed by atoms with Gasteiger partial charge in [0.2, 0.25) is 5.91 Å². The minimum Gasteiger partial charge on any atom is -0.461 e. The standard InChI is InChI=1S/C42H76N4O3/c1-30(2)14-12-15-31(3)35-19-20-36-34-18-17-32-28-33(21-23-41(32,4)37(34)22-24-42(35,36)5)49-39(47)29-46(40(48)38(45)16-13-26-44)27-11-9-7-6-8-10-25-43/h17,30-31,33-38H,6-16,18-29,43-45H2,1-5H3/t31-,33+,34+,35-,36+,37+,38+,41+,42-/m1/s1. The van der Waals surface area contributed by atoms with Gasteiger partial charge in [-0.15, -0.1) is 0 Å². The molecule has 4 aliphatic carbocycles. The molecule has 0 aliphatic heterocycles. The fraction of sp³-hybridized carbons (Fsp3) is 0.905. The Hall–Kier alpha value is -1.44. The van der Waals surface area contributed by atoms with Crippen molar-refractivity contribution in [3.63, 3.8) is 0 Å². The van der Waals surface area contributed by atoms with Crippen LogP contribution in [0.4, 0.5) is 0 Å². The summed E-state index contributed by atoms with van der Waals surface area (Å²) in [6.45, 7) is 14.2. The van der Waals surface area contributed by atoms with Gasteiger partial charge >= 0.3 is 5.97 Å². The van der Waals surface area contributed by atoms with Crippen molar-refractivity contribution in [2.45, 2.75) is 169 Å². The number of fused-ring (bicyclic) bond motifs is 5. The van der Waals surface area contributed by atoms with Crippen molar-refractivity contribution in [3.8, 4) is 0 Å². The zero-order valence-electron chi connectivity index (χ0n) is 32.4. The molecule has 1 amide bonds. The topological polar surface area (TPSA) is 125 Å². The van der Waals surface area contributed by atoms with E-state index in [0.717, 1.165) is 99.8 Å². The number of allylic oxidation sites excluding steroid dienone is 1. The molecule has 282 valence electrons. The molecule has 0 heterocycles. The maximum absolute atomic E-state index is 13.4. The van der Waals surface area contributed by atoms with Gasteiger partial charge in [-0.25, -0.2) is 0 Å². The molecule has 9 atom stereocenters. The lowest BCUT2D eigenvalue weighted by atomic mass is 9.47. The van der Waals surface area contributed by atoms with Crippen molar-refractivity contribution >= 4 is 11.9 Å². The smallest absolute Gasteiger partial charge is 0.325 e. The summed E-state index contributed by atoms with van der Waals surface area (Å²) in [5, 5.41) is 0. The van der Waals surface area contributed by atoms with E-state index >= 15 is 0 Å². The molecule has 4 rings (SSSR count). The Labute approximate surface area is 300 Å². The average molecular weight is 685 g/mol. The van der Waals surface area contributed by atoms with E-state index in [9.17, 15) is 9.59 Å². The lowest BCUT2D eigenvalue weighted by molar-refractivity contribution is -0.156. The van der Waals surface area contributed by atoms with Gasteiger partial charge in [-0.05, 0) is 130 Å². The van der Waals surface area contributed by atoms with Crippen LogP contribution in [-0.2, 0) is 14.3 Å². The second kappa shape index (κ2) is 18.9. The van der Waals surface area contributed by atoms with E-state index < -0.39 is 6.04 Å². The highest BCUT2D eigenvalue weighted by molar-refractivity contribution is 5.85. The van der Waals surface area contributed by atoms with Crippen molar-refractivity contribution in [2.75, 3.05) is 26.2 Å². The lowest BCUT2D eigenvalue weighted by Crippen LogP contribution is -2.51. The Morgan fingerprint density at radius 3 is 2.29 bits per heavy atom. The first-order valence-corrected chi connectivity index (χ1v) is 20.8. The lowest BCUT2D eigenvalue weighted by Gasteiger charge is -2.58. The molecule has 6 N–H and O–H groups in total. The highest BCUT2D eigenvalue weighted by Crippen LogP contribution is 2.67. The molecule has 49 heavy (non-hydrogen) atoms. The van der Waals surface area contributed by atoms with Crippen LogP contribution in [0.1, 0.15) is 157 Å². The third-order valence-electron chi connectivity index (χ3n) is 14.1. The second-order valence-electron chi connectivity index (χ2n) is 17.9. The SMILES string of the molecule is CC(C)CCC[C@@H](C)[C@H]1CC[C@H]2[C@@H]3CC=C4C[C@@H](OC(=O)CN(CCCCCCCCN)C(=O)[C@@H](N)CCCN)CC[C@]4(C)[C@H]3CC[C@]12C. The first kappa shape index (κ1) is 40.3. The summed E-state index contributed by atoms with van der Waals surface area (Å²) in [5.41, 5.74) is 19.8. The van der Waals surface area contributed by atoms with Crippen LogP contribution in [0.15, 0.2) is 11.6 Å². The minimum absolute atomic E-state index is 0.0167. The Bertz CT molecular complexity index is 1080. The number of nitrogens with zero attached hydrogens (tertiary/aromatic N) is 1. The number of amides is 1. The summed E-state index contributed by atoms with van der Waals surface area (Å²) >= 11 is 0. The van der Waals surface area contributed by atoms with E-state index in [1.54, 1.807) is 4.90 Å². The molecule has 0 radical (unpaired) electrons. The van der Waals surface area contributed by atoms with Crippen molar-refractivity contribution in [1.29, 1.82) is 0 Å². The highest BCUT2D eigenvalue weighted by atomic mass is 16.5. The monoisotopic (exact) mass is 685 g/mol. The maximum Gasteiger partial charge on any atom is 0.325 e. The third kappa shape index (κ3) is 10.1. The fourth-order valence-corrected chi connectivity index (χ4v) is 11.2. The van der Waals surface area contributed by atoms with Crippen LogP contribution in [0.3, 0.4) is 0 Å². The van der Waals surface area contributed by atoms with Crippen molar-refractivity contribution in [1.82, 2.24) is 4.90 Å². The van der Waals surface area contributed by atoms with E-state index in [1.165, 1.54) is 56.9 Å². The largest absolute Gasteiger partial charge is 0.461 e. The van der Waals surface area contributed by atoms with Crippen LogP contribution < -0.4 is 17.2 Å².